The van der Waals surface area contributed by atoms with Crippen LogP contribution in [0.25, 0.3) is 10.2 Å². The number of carbonyl (C=O) groups excluding carboxylic acids is 1. The molecule has 1 atom stereocenters. The Kier molecular flexibility index (Phi) is 5.29. The van der Waals surface area contributed by atoms with Crippen molar-refractivity contribution in [3.05, 3.63) is 56.4 Å². The number of aryl methyl sites for hydroxylation is 1. The molecule has 0 saturated carbocycles. The first kappa shape index (κ1) is 19.1. The van der Waals surface area contributed by atoms with Gasteiger partial charge in [-0.3, -0.25) is 14.2 Å². The molecule has 1 aromatic carbocycles. The molecule has 0 bridgehead atoms. The van der Waals surface area contributed by atoms with E-state index in [0.717, 1.165) is 11.3 Å². The summed E-state index contributed by atoms with van der Waals surface area (Å²) in [5.41, 5.74) is -0.0957. The van der Waals surface area contributed by atoms with Gasteiger partial charge in [0.15, 0.2) is 0 Å². The molecule has 9 heteroatoms. The van der Waals surface area contributed by atoms with E-state index in [0.29, 0.717) is 27.8 Å². The van der Waals surface area contributed by atoms with Crippen LogP contribution in [0.4, 0.5) is 5.69 Å². The lowest BCUT2D eigenvalue weighted by atomic mass is 10.2. The van der Waals surface area contributed by atoms with Crippen molar-refractivity contribution in [2.75, 3.05) is 5.32 Å². The smallest absolute Gasteiger partial charge is 0.337 e. The second kappa shape index (κ2) is 7.50. The second-order valence-corrected chi connectivity index (χ2v) is 7.16. The standard InChI is InChI=1S/C18H16ClN3O4S/c1-3-13-21-16-14(12(8-27-16)18(25)26)17(24)22(13)9(2)15(23)20-11-6-4-10(19)5-7-11/h4-9H,3H2,1-2H3,(H,20,23)(H,25,26). The van der Waals surface area contributed by atoms with Crippen LogP contribution in [0.2, 0.25) is 5.02 Å². The van der Waals surface area contributed by atoms with Crippen LogP contribution in [0.3, 0.4) is 0 Å². The summed E-state index contributed by atoms with van der Waals surface area (Å²) in [6.07, 6.45) is 0.421. The molecule has 0 aliphatic rings. The van der Waals surface area contributed by atoms with E-state index < -0.39 is 23.5 Å². The summed E-state index contributed by atoms with van der Waals surface area (Å²) in [4.78, 5) is 41.8. The maximum atomic E-state index is 13.0. The number of nitrogens with zero attached hydrogens (tertiary/aromatic N) is 2. The average molecular weight is 406 g/mol. The molecule has 0 fully saturated rings. The molecule has 0 aliphatic heterocycles. The highest BCUT2D eigenvalue weighted by molar-refractivity contribution is 7.17. The summed E-state index contributed by atoms with van der Waals surface area (Å²) >= 11 is 6.94. The van der Waals surface area contributed by atoms with Gasteiger partial charge in [0.05, 0.1) is 10.9 Å². The van der Waals surface area contributed by atoms with Crippen LogP contribution in [0, 0.1) is 0 Å². The summed E-state index contributed by atoms with van der Waals surface area (Å²) in [7, 11) is 0. The number of carboxylic acids is 1. The molecule has 0 saturated heterocycles. The monoisotopic (exact) mass is 405 g/mol. The summed E-state index contributed by atoms with van der Waals surface area (Å²) in [5, 5.41) is 14.0. The third kappa shape index (κ3) is 3.58. The molecule has 0 aliphatic carbocycles. The number of carboxylic acid groups (broad SMARTS) is 1. The Morgan fingerprint density at radius 3 is 2.59 bits per heavy atom. The number of rotatable bonds is 5. The number of aromatic nitrogens is 2. The third-order valence-corrected chi connectivity index (χ3v) is 5.26. The Balaban J connectivity index is 2.05. The molecule has 2 heterocycles. The molecular weight excluding hydrogens is 390 g/mol. The third-order valence-electron chi connectivity index (χ3n) is 4.14. The van der Waals surface area contributed by atoms with Gasteiger partial charge in [0.2, 0.25) is 5.91 Å². The number of anilines is 1. The van der Waals surface area contributed by atoms with Gasteiger partial charge in [-0.15, -0.1) is 11.3 Å². The zero-order chi connectivity index (χ0) is 19.7. The van der Waals surface area contributed by atoms with Gasteiger partial charge < -0.3 is 10.4 Å². The Morgan fingerprint density at radius 2 is 2.00 bits per heavy atom. The van der Waals surface area contributed by atoms with Crippen molar-refractivity contribution >= 4 is 50.7 Å². The first-order chi connectivity index (χ1) is 12.8. The number of amides is 1. The number of carbonyl (C=O) groups is 2. The van der Waals surface area contributed by atoms with Crippen LogP contribution >= 0.6 is 22.9 Å². The van der Waals surface area contributed by atoms with Crippen LogP contribution in [0.15, 0.2) is 34.4 Å². The van der Waals surface area contributed by atoms with Crippen molar-refractivity contribution in [2.24, 2.45) is 0 Å². The van der Waals surface area contributed by atoms with Crippen molar-refractivity contribution in [3.63, 3.8) is 0 Å². The van der Waals surface area contributed by atoms with Crippen molar-refractivity contribution in [3.8, 4) is 0 Å². The van der Waals surface area contributed by atoms with Crippen LogP contribution < -0.4 is 10.9 Å². The second-order valence-electron chi connectivity index (χ2n) is 5.86. The van der Waals surface area contributed by atoms with Crippen LogP contribution in [0.1, 0.15) is 36.1 Å². The number of nitrogens with one attached hydrogen (secondary N) is 1. The highest BCUT2D eigenvalue weighted by Gasteiger charge is 2.24. The largest absolute Gasteiger partial charge is 0.478 e. The van der Waals surface area contributed by atoms with Gasteiger partial charge in [0.25, 0.3) is 5.56 Å². The molecule has 1 unspecified atom stereocenters. The number of aromatic carboxylic acids is 1. The maximum absolute atomic E-state index is 13.0. The predicted molar refractivity (Wildman–Crippen MR) is 105 cm³/mol. The van der Waals surface area contributed by atoms with E-state index in [9.17, 15) is 19.5 Å². The van der Waals surface area contributed by atoms with Gasteiger partial charge in [-0.2, -0.15) is 0 Å². The van der Waals surface area contributed by atoms with E-state index in [2.05, 4.69) is 10.3 Å². The van der Waals surface area contributed by atoms with Gasteiger partial charge in [0.1, 0.15) is 16.7 Å². The molecule has 2 N–H and O–H groups in total. The first-order valence-corrected chi connectivity index (χ1v) is 9.41. The summed E-state index contributed by atoms with van der Waals surface area (Å²) in [6.45, 7) is 3.39. The maximum Gasteiger partial charge on any atom is 0.337 e. The zero-order valence-electron chi connectivity index (χ0n) is 14.5. The summed E-state index contributed by atoms with van der Waals surface area (Å²) in [5.74, 6) is -1.19. The first-order valence-electron chi connectivity index (χ1n) is 8.15. The predicted octanol–water partition coefficient (Wildman–Crippen LogP) is 3.57. The van der Waals surface area contributed by atoms with Crippen LogP contribution in [0.5, 0.6) is 0 Å². The number of hydrogen-bond donors (Lipinski definition) is 2. The number of fused-ring (bicyclic) bond motifs is 1. The van der Waals surface area contributed by atoms with E-state index >= 15 is 0 Å². The van der Waals surface area contributed by atoms with E-state index in [4.69, 9.17) is 11.6 Å². The Hall–Kier alpha value is -2.71. The van der Waals surface area contributed by atoms with E-state index in [1.807, 2.05) is 6.92 Å². The van der Waals surface area contributed by atoms with E-state index in [1.165, 1.54) is 9.95 Å². The lowest BCUT2D eigenvalue weighted by molar-refractivity contribution is -0.118. The highest BCUT2D eigenvalue weighted by atomic mass is 35.5. The molecule has 7 nitrogen and oxygen atoms in total. The minimum Gasteiger partial charge on any atom is -0.478 e. The Morgan fingerprint density at radius 1 is 1.33 bits per heavy atom. The van der Waals surface area contributed by atoms with Gasteiger partial charge in [-0.1, -0.05) is 18.5 Å². The fraction of sp³-hybridized carbons (Fsp3) is 0.222. The topological polar surface area (TPSA) is 101 Å². The van der Waals surface area contributed by atoms with Crippen LogP contribution in [-0.2, 0) is 11.2 Å². The van der Waals surface area contributed by atoms with Crippen molar-refractivity contribution in [1.29, 1.82) is 0 Å². The minimum absolute atomic E-state index is 0.0239. The zero-order valence-corrected chi connectivity index (χ0v) is 16.1. The fourth-order valence-electron chi connectivity index (χ4n) is 2.75. The number of thiophene rings is 1. The molecule has 0 spiro atoms. The number of hydrogen-bond acceptors (Lipinski definition) is 5. The lowest BCUT2D eigenvalue weighted by Gasteiger charge is -2.18. The summed E-state index contributed by atoms with van der Waals surface area (Å²) in [6, 6.07) is 5.72. The molecule has 2 aromatic heterocycles. The highest BCUT2D eigenvalue weighted by Crippen LogP contribution is 2.23. The average Bonchev–Trinajstić information content (AvgIpc) is 3.07. The van der Waals surface area contributed by atoms with Crippen LogP contribution in [-0.4, -0.2) is 26.5 Å². The van der Waals surface area contributed by atoms with Gasteiger partial charge in [-0.05, 0) is 31.2 Å². The number of halogens is 1. The fourth-order valence-corrected chi connectivity index (χ4v) is 3.80. The molecule has 3 aromatic rings. The lowest BCUT2D eigenvalue weighted by Crippen LogP contribution is -2.34. The molecule has 0 radical (unpaired) electrons. The van der Waals surface area contributed by atoms with E-state index in [1.54, 1.807) is 31.2 Å². The van der Waals surface area contributed by atoms with Gasteiger partial charge >= 0.3 is 5.97 Å². The van der Waals surface area contributed by atoms with Crippen molar-refractivity contribution < 1.29 is 14.7 Å². The summed E-state index contributed by atoms with van der Waals surface area (Å²) < 4.78 is 1.26. The van der Waals surface area contributed by atoms with Crippen molar-refractivity contribution in [1.82, 2.24) is 9.55 Å². The normalized spacial score (nSPS) is 12.1. The molecule has 1 amide bonds. The Labute approximate surface area is 163 Å². The molecule has 3 rings (SSSR count). The van der Waals surface area contributed by atoms with Gasteiger partial charge in [-0.25, -0.2) is 9.78 Å². The van der Waals surface area contributed by atoms with Gasteiger partial charge in [0, 0.05) is 22.5 Å². The number of benzene rings is 1. The SMILES string of the molecule is CCc1nc2scc(C(=O)O)c2c(=O)n1C(C)C(=O)Nc1ccc(Cl)cc1. The van der Waals surface area contributed by atoms with Crippen molar-refractivity contribution in [2.45, 2.75) is 26.3 Å². The van der Waals surface area contributed by atoms with E-state index in [-0.39, 0.29) is 10.9 Å². The molecule has 27 heavy (non-hydrogen) atoms. The minimum atomic E-state index is -1.20. The Bertz CT molecular complexity index is 1090. The molecular formula is C18H16ClN3O4S. The quantitative estimate of drug-likeness (QED) is 0.675. The molecule has 140 valence electrons.